The van der Waals surface area contributed by atoms with Crippen LogP contribution in [0.5, 0.6) is 11.5 Å². The maximum atomic E-state index is 12.0. The fourth-order valence-corrected chi connectivity index (χ4v) is 2.64. The molecule has 1 heterocycles. The largest absolute Gasteiger partial charge is 1.00 e. The molecular weight excluding hydrogens is 373 g/mol. The van der Waals surface area contributed by atoms with E-state index in [2.05, 4.69) is 15.2 Å². The van der Waals surface area contributed by atoms with Crippen LogP contribution in [0.1, 0.15) is 0 Å². The van der Waals surface area contributed by atoms with E-state index >= 15 is 0 Å². The molecule has 0 fully saturated rings. The third kappa shape index (κ3) is 3.94. The van der Waals surface area contributed by atoms with E-state index in [1.165, 1.54) is 0 Å². The third-order valence-corrected chi connectivity index (χ3v) is 4.19. The molecule has 0 atom stereocenters. The van der Waals surface area contributed by atoms with E-state index < -0.39 is 37.8 Å². The summed E-state index contributed by atoms with van der Waals surface area (Å²) in [5.74, 6) is -0.872. The predicted octanol–water partition coefficient (Wildman–Crippen LogP) is -0.737. The van der Waals surface area contributed by atoms with E-state index in [9.17, 15) is 28.0 Å². The summed E-state index contributed by atoms with van der Waals surface area (Å²) in [4.78, 5) is 13.9. The number of H-pyrrole nitrogens is 1. The maximum Gasteiger partial charge on any atom is 1.00 e. The SMILES string of the molecule is O=c1[nH]c2ccccc2c(O)c1N=Nc1cc(S(=O)(=O)[O-])ccc1O.[Na+]. The van der Waals surface area contributed by atoms with E-state index in [1.54, 1.807) is 24.3 Å². The van der Waals surface area contributed by atoms with Crippen LogP contribution >= 0.6 is 0 Å². The Kier molecular flexibility index (Phi) is 5.84. The van der Waals surface area contributed by atoms with Gasteiger partial charge in [-0.2, -0.15) is 0 Å². The van der Waals surface area contributed by atoms with Crippen LogP contribution in [0.25, 0.3) is 10.9 Å². The van der Waals surface area contributed by atoms with Crippen molar-refractivity contribution >= 4 is 32.4 Å². The molecule has 0 amide bonds. The topological polar surface area (TPSA) is 155 Å². The summed E-state index contributed by atoms with van der Waals surface area (Å²) in [6.45, 7) is 0. The average molecular weight is 383 g/mol. The molecular formula is C15H10N3NaO6S. The zero-order valence-corrected chi connectivity index (χ0v) is 16.2. The Morgan fingerprint density at radius 1 is 1.04 bits per heavy atom. The number of aromatic hydroxyl groups is 2. The molecule has 3 N–H and O–H groups in total. The van der Waals surface area contributed by atoms with E-state index in [0.717, 1.165) is 18.2 Å². The van der Waals surface area contributed by atoms with Crippen molar-refractivity contribution in [1.29, 1.82) is 0 Å². The van der Waals surface area contributed by atoms with Crippen molar-refractivity contribution in [3.8, 4) is 11.5 Å². The van der Waals surface area contributed by atoms with Gasteiger partial charge in [0.05, 0.1) is 10.4 Å². The van der Waals surface area contributed by atoms with Crippen LogP contribution in [-0.4, -0.2) is 28.2 Å². The standard InChI is InChI=1S/C15H11N3O6S.Na/c19-12-6-5-8(25(22,23)24)7-11(12)17-18-13-14(20)9-3-1-2-4-10(9)16-15(13)21;/h1-7,19H,(H2,16,20,21)(H,22,23,24);/q;+1/p-1. The van der Waals surface area contributed by atoms with Crippen LogP contribution < -0.4 is 35.1 Å². The molecule has 26 heavy (non-hydrogen) atoms. The number of hydrogen-bond donors (Lipinski definition) is 3. The average Bonchev–Trinajstić information content (AvgIpc) is 2.55. The smallest absolute Gasteiger partial charge is 0.744 e. The second kappa shape index (κ2) is 7.56. The van der Waals surface area contributed by atoms with Gasteiger partial charge in [0.25, 0.3) is 5.56 Å². The molecule has 0 saturated heterocycles. The molecule has 0 saturated carbocycles. The van der Waals surface area contributed by atoms with Crippen LogP contribution in [0.3, 0.4) is 0 Å². The van der Waals surface area contributed by atoms with E-state index in [1.807, 2.05) is 0 Å². The van der Waals surface area contributed by atoms with Gasteiger partial charge in [0.15, 0.2) is 11.4 Å². The van der Waals surface area contributed by atoms with Crippen molar-refractivity contribution in [1.82, 2.24) is 4.98 Å². The summed E-state index contributed by atoms with van der Waals surface area (Å²) in [7, 11) is -4.75. The van der Waals surface area contributed by atoms with E-state index in [0.29, 0.717) is 10.9 Å². The molecule has 9 nitrogen and oxygen atoms in total. The van der Waals surface area contributed by atoms with Crippen LogP contribution in [0, 0.1) is 0 Å². The van der Waals surface area contributed by atoms with Gasteiger partial charge in [0.1, 0.15) is 21.6 Å². The number of nitrogens with zero attached hydrogens (tertiary/aromatic N) is 2. The number of hydrogen-bond acceptors (Lipinski definition) is 8. The third-order valence-electron chi connectivity index (χ3n) is 3.36. The Morgan fingerprint density at radius 3 is 2.42 bits per heavy atom. The van der Waals surface area contributed by atoms with Gasteiger partial charge in [0, 0.05) is 5.39 Å². The normalized spacial score (nSPS) is 11.6. The van der Waals surface area contributed by atoms with Crippen molar-refractivity contribution < 1.29 is 52.7 Å². The Bertz CT molecular complexity index is 1170. The molecule has 2 aromatic carbocycles. The molecule has 0 aliphatic heterocycles. The number of phenols is 1. The van der Waals surface area contributed by atoms with Gasteiger partial charge in [-0.3, -0.25) is 4.79 Å². The van der Waals surface area contributed by atoms with E-state index in [-0.39, 0.29) is 35.2 Å². The van der Waals surface area contributed by atoms with Crippen LogP contribution in [-0.2, 0) is 10.1 Å². The summed E-state index contributed by atoms with van der Waals surface area (Å²) in [5.41, 5.74) is -1.10. The monoisotopic (exact) mass is 383 g/mol. The molecule has 128 valence electrons. The first-order chi connectivity index (χ1) is 11.8. The van der Waals surface area contributed by atoms with Gasteiger partial charge in [0.2, 0.25) is 0 Å². The van der Waals surface area contributed by atoms with Gasteiger partial charge in [-0.05, 0) is 30.3 Å². The minimum Gasteiger partial charge on any atom is -0.744 e. The summed E-state index contributed by atoms with van der Waals surface area (Å²) < 4.78 is 33.1. The molecule has 0 bridgehead atoms. The van der Waals surface area contributed by atoms with Crippen molar-refractivity contribution in [2.75, 3.05) is 0 Å². The van der Waals surface area contributed by atoms with Crippen LogP contribution in [0.2, 0.25) is 0 Å². The van der Waals surface area contributed by atoms with Crippen LogP contribution in [0.15, 0.2) is 62.4 Å². The predicted molar refractivity (Wildman–Crippen MR) is 86.5 cm³/mol. The maximum absolute atomic E-state index is 12.0. The van der Waals surface area contributed by atoms with Crippen molar-refractivity contribution in [2.45, 2.75) is 4.90 Å². The Hall–Kier alpha value is -2.24. The minimum atomic E-state index is -4.75. The van der Waals surface area contributed by atoms with Crippen molar-refractivity contribution in [2.24, 2.45) is 10.2 Å². The molecule has 3 rings (SSSR count). The Morgan fingerprint density at radius 2 is 1.73 bits per heavy atom. The second-order valence-corrected chi connectivity index (χ2v) is 6.38. The molecule has 0 spiro atoms. The molecule has 0 aliphatic carbocycles. The zero-order chi connectivity index (χ0) is 18.2. The Labute approximate surface area is 169 Å². The van der Waals surface area contributed by atoms with Gasteiger partial charge in [-0.25, -0.2) is 8.42 Å². The number of aromatic amines is 1. The van der Waals surface area contributed by atoms with E-state index in [4.69, 9.17) is 0 Å². The summed E-state index contributed by atoms with van der Waals surface area (Å²) in [6, 6.07) is 9.16. The Balaban J connectivity index is 0.00000243. The van der Waals surface area contributed by atoms with Crippen molar-refractivity contribution in [3.05, 3.63) is 52.8 Å². The number of aromatic nitrogens is 1. The molecule has 11 heteroatoms. The number of para-hydroxylation sites is 1. The number of phenolic OH excluding ortho intramolecular Hbond substituents is 1. The molecule has 0 unspecified atom stereocenters. The number of azo groups is 1. The minimum absolute atomic E-state index is 0. The summed E-state index contributed by atoms with van der Waals surface area (Å²) in [5, 5.41) is 27.4. The number of nitrogens with one attached hydrogen (secondary N) is 1. The second-order valence-electron chi connectivity index (χ2n) is 5.00. The van der Waals surface area contributed by atoms with Crippen molar-refractivity contribution in [3.63, 3.8) is 0 Å². The molecule has 0 radical (unpaired) electrons. The fraction of sp³-hybridized carbons (Fsp3) is 0. The zero-order valence-electron chi connectivity index (χ0n) is 13.4. The summed E-state index contributed by atoms with van der Waals surface area (Å²) >= 11 is 0. The quantitative estimate of drug-likeness (QED) is 0.307. The number of pyridine rings is 1. The molecule has 3 aromatic rings. The fourth-order valence-electron chi connectivity index (χ4n) is 2.15. The van der Waals surface area contributed by atoms with Gasteiger partial charge >= 0.3 is 29.6 Å². The first-order valence-corrected chi connectivity index (χ1v) is 8.23. The van der Waals surface area contributed by atoms with Gasteiger partial charge in [-0.15, -0.1) is 10.2 Å². The van der Waals surface area contributed by atoms with Gasteiger partial charge in [-0.1, -0.05) is 12.1 Å². The number of rotatable bonds is 3. The summed E-state index contributed by atoms with van der Waals surface area (Å²) in [6.07, 6.45) is 0. The first-order valence-electron chi connectivity index (χ1n) is 6.82. The van der Waals surface area contributed by atoms with Crippen LogP contribution in [0.4, 0.5) is 11.4 Å². The van der Waals surface area contributed by atoms with Gasteiger partial charge < -0.3 is 19.7 Å². The number of benzene rings is 2. The first kappa shape index (κ1) is 20.1. The molecule has 1 aromatic heterocycles. The number of fused-ring (bicyclic) bond motifs is 1. The molecule has 0 aliphatic rings.